The van der Waals surface area contributed by atoms with E-state index in [-0.39, 0.29) is 24.9 Å². The van der Waals surface area contributed by atoms with Gasteiger partial charge in [0, 0.05) is 19.4 Å². The molecule has 0 radical (unpaired) electrons. The van der Waals surface area contributed by atoms with E-state index in [1.54, 1.807) is 13.8 Å². The van der Waals surface area contributed by atoms with Crippen LogP contribution in [0, 0.1) is 5.92 Å². The third-order valence-electron chi connectivity index (χ3n) is 6.92. The van der Waals surface area contributed by atoms with Crippen LogP contribution in [0.15, 0.2) is 78.9 Å². The number of aliphatic carboxylic acids is 1. The number of amides is 2. The molecule has 2 N–H and O–H groups in total. The van der Waals surface area contributed by atoms with E-state index in [2.05, 4.69) is 17.4 Å². The van der Waals surface area contributed by atoms with Gasteiger partial charge in [-0.15, -0.1) is 0 Å². The molecule has 0 saturated carbocycles. The molecule has 0 heterocycles. The summed E-state index contributed by atoms with van der Waals surface area (Å²) in [5.41, 5.74) is 5.25. The van der Waals surface area contributed by atoms with Crippen molar-refractivity contribution in [3.8, 4) is 11.1 Å². The first-order chi connectivity index (χ1) is 17.8. The molecule has 37 heavy (non-hydrogen) atoms. The van der Waals surface area contributed by atoms with Crippen LogP contribution in [0.1, 0.15) is 36.5 Å². The molecule has 0 unspecified atom stereocenters. The SMILES string of the molecule is CC(C)[C@H](NC(=O)OCC1c2ccccc2-c2ccccc21)C(=O)N(C)[C@@H](Cc1ccccc1)C(=O)O. The zero-order valence-corrected chi connectivity index (χ0v) is 21.3. The maximum absolute atomic E-state index is 13.3. The lowest BCUT2D eigenvalue weighted by Gasteiger charge is -2.31. The third kappa shape index (κ3) is 5.66. The number of rotatable bonds is 9. The van der Waals surface area contributed by atoms with E-state index in [9.17, 15) is 19.5 Å². The first kappa shape index (κ1) is 25.9. The second-order valence-electron chi connectivity index (χ2n) is 9.68. The van der Waals surface area contributed by atoms with Crippen LogP contribution in [-0.2, 0) is 20.7 Å². The van der Waals surface area contributed by atoms with Crippen LogP contribution < -0.4 is 5.32 Å². The molecule has 0 spiro atoms. The number of benzene rings is 3. The van der Waals surface area contributed by atoms with Gasteiger partial charge in [0.15, 0.2) is 0 Å². The lowest BCUT2D eigenvalue weighted by molar-refractivity contribution is -0.150. The Bertz CT molecular complexity index is 1230. The van der Waals surface area contributed by atoms with Gasteiger partial charge in [0.25, 0.3) is 0 Å². The largest absolute Gasteiger partial charge is 0.480 e. The number of alkyl carbamates (subject to hydrolysis) is 1. The van der Waals surface area contributed by atoms with E-state index >= 15 is 0 Å². The molecule has 1 aliphatic carbocycles. The van der Waals surface area contributed by atoms with Gasteiger partial charge < -0.3 is 20.1 Å². The number of ether oxygens (including phenoxy) is 1. The molecule has 1 aliphatic rings. The van der Waals surface area contributed by atoms with Gasteiger partial charge in [0.2, 0.25) is 5.91 Å². The van der Waals surface area contributed by atoms with Crippen LogP contribution in [0.4, 0.5) is 4.79 Å². The molecule has 0 bridgehead atoms. The maximum atomic E-state index is 13.3. The molecule has 0 fully saturated rings. The van der Waals surface area contributed by atoms with E-state index < -0.39 is 30.1 Å². The van der Waals surface area contributed by atoms with Gasteiger partial charge in [-0.05, 0) is 33.7 Å². The molecular formula is C30H32N2O5. The van der Waals surface area contributed by atoms with Gasteiger partial charge >= 0.3 is 12.1 Å². The summed E-state index contributed by atoms with van der Waals surface area (Å²) in [5.74, 6) is -1.96. The minimum absolute atomic E-state index is 0.101. The van der Waals surface area contributed by atoms with E-state index in [0.29, 0.717) is 0 Å². The second kappa shape index (κ2) is 11.3. The summed E-state index contributed by atoms with van der Waals surface area (Å²) in [6.45, 7) is 3.72. The minimum atomic E-state index is -1.11. The Hall–Kier alpha value is -4.13. The Morgan fingerprint density at radius 2 is 1.43 bits per heavy atom. The van der Waals surface area contributed by atoms with Crippen LogP contribution >= 0.6 is 0 Å². The molecule has 3 aromatic carbocycles. The van der Waals surface area contributed by atoms with Gasteiger partial charge in [0.05, 0.1) is 0 Å². The highest BCUT2D eigenvalue weighted by atomic mass is 16.5. The smallest absolute Gasteiger partial charge is 0.407 e. The third-order valence-corrected chi connectivity index (χ3v) is 6.92. The zero-order valence-electron chi connectivity index (χ0n) is 21.3. The molecule has 7 heteroatoms. The number of nitrogens with one attached hydrogen (secondary N) is 1. The van der Waals surface area contributed by atoms with Crippen molar-refractivity contribution in [2.24, 2.45) is 5.92 Å². The molecular weight excluding hydrogens is 468 g/mol. The number of carbonyl (C=O) groups is 3. The number of hydrogen-bond acceptors (Lipinski definition) is 4. The van der Waals surface area contributed by atoms with Crippen molar-refractivity contribution in [2.45, 2.75) is 38.3 Å². The van der Waals surface area contributed by atoms with Gasteiger partial charge in [-0.25, -0.2) is 9.59 Å². The highest BCUT2D eigenvalue weighted by molar-refractivity contribution is 5.89. The molecule has 2 atom stereocenters. The lowest BCUT2D eigenvalue weighted by atomic mass is 9.98. The van der Waals surface area contributed by atoms with Crippen molar-refractivity contribution >= 4 is 18.0 Å². The van der Waals surface area contributed by atoms with Crippen LogP contribution in [0.3, 0.4) is 0 Å². The minimum Gasteiger partial charge on any atom is -0.480 e. The number of fused-ring (bicyclic) bond motifs is 3. The van der Waals surface area contributed by atoms with Crippen LogP contribution in [0.25, 0.3) is 11.1 Å². The van der Waals surface area contributed by atoms with Crippen molar-refractivity contribution in [1.82, 2.24) is 10.2 Å². The number of nitrogens with zero attached hydrogens (tertiary/aromatic N) is 1. The maximum Gasteiger partial charge on any atom is 0.407 e. The van der Waals surface area contributed by atoms with Crippen LogP contribution in [0.2, 0.25) is 0 Å². The average molecular weight is 501 g/mol. The van der Waals surface area contributed by atoms with Crippen LogP contribution in [0.5, 0.6) is 0 Å². The molecule has 7 nitrogen and oxygen atoms in total. The number of likely N-dealkylation sites (N-methyl/N-ethyl adjacent to an activating group) is 1. The normalized spacial score (nSPS) is 13.8. The zero-order chi connectivity index (χ0) is 26.5. The topological polar surface area (TPSA) is 95.9 Å². The molecule has 0 saturated heterocycles. The second-order valence-corrected chi connectivity index (χ2v) is 9.68. The Morgan fingerprint density at radius 3 is 1.97 bits per heavy atom. The Balaban J connectivity index is 1.43. The quantitative estimate of drug-likeness (QED) is 0.444. The standard InChI is InChI=1S/C30H32N2O5/c1-19(2)27(28(33)32(3)26(29(34)35)17-20-11-5-4-6-12-20)31-30(36)37-18-25-23-15-9-7-13-21(23)22-14-8-10-16-24(22)25/h4-16,19,25-27H,17-18H2,1-3H3,(H,31,36)(H,34,35)/t26-,27-/m0/s1. The number of carboxylic acids is 1. The molecule has 0 aromatic heterocycles. The molecule has 192 valence electrons. The summed E-state index contributed by atoms with van der Waals surface area (Å²) < 4.78 is 5.62. The molecule has 3 aromatic rings. The molecule has 0 aliphatic heterocycles. The van der Waals surface area contributed by atoms with Crippen molar-refractivity contribution in [1.29, 1.82) is 0 Å². The van der Waals surface area contributed by atoms with Gasteiger partial charge in [-0.3, -0.25) is 4.79 Å². The van der Waals surface area contributed by atoms with Crippen molar-refractivity contribution in [2.75, 3.05) is 13.7 Å². The fraction of sp³-hybridized carbons (Fsp3) is 0.300. The Morgan fingerprint density at radius 1 is 0.892 bits per heavy atom. The fourth-order valence-corrected chi connectivity index (χ4v) is 4.88. The van der Waals surface area contributed by atoms with Gasteiger partial charge in [0.1, 0.15) is 18.7 Å². The van der Waals surface area contributed by atoms with E-state index in [1.807, 2.05) is 66.7 Å². The van der Waals surface area contributed by atoms with Crippen molar-refractivity contribution in [3.63, 3.8) is 0 Å². The number of carboxylic acid groups (broad SMARTS) is 1. The summed E-state index contributed by atoms with van der Waals surface area (Å²) in [4.78, 5) is 39.4. The van der Waals surface area contributed by atoms with Crippen molar-refractivity contribution < 1.29 is 24.2 Å². The lowest BCUT2D eigenvalue weighted by Crippen LogP contribution is -2.55. The molecule has 2 amide bonds. The van der Waals surface area contributed by atoms with E-state index in [0.717, 1.165) is 27.8 Å². The predicted octanol–water partition coefficient (Wildman–Crippen LogP) is 4.70. The van der Waals surface area contributed by atoms with E-state index in [4.69, 9.17) is 4.74 Å². The average Bonchev–Trinajstić information content (AvgIpc) is 3.22. The fourth-order valence-electron chi connectivity index (χ4n) is 4.88. The summed E-state index contributed by atoms with van der Waals surface area (Å²) in [5, 5.41) is 12.5. The van der Waals surface area contributed by atoms with Crippen molar-refractivity contribution in [3.05, 3.63) is 95.6 Å². The number of carbonyl (C=O) groups excluding carboxylic acids is 2. The highest BCUT2D eigenvalue weighted by Crippen LogP contribution is 2.44. The van der Waals surface area contributed by atoms with Gasteiger partial charge in [-0.1, -0.05) is 92.7 Å². The summed E-state index contributed by atoms with van der Waals surface area (Å²) in [6, 6.07) is 23.3. The number of hydrogen-bond donors (Lipinski definition) is 2. The predicted molar refractivity (Wildman–Crippen MR) is 141 cm³/mol. The highest BCUT2D eigenvalue weighted by Gasteiger charge is 2.35. The van der Waals surface area contributed by atoms with E-state index in [1.165, 1.54) is 11.9 Å². The summed E-state index contributed by atoms with van der Waals surface area (Å²) in [6.07, 6.45) is -0.550. The Labute approximate surface area is 217 Å². The summed E-state index contributed by atoms with van der Waals surface area (Å²) in [7, 11) is 1.46. The first-order valence-corrected chi connectivity index (χ1v) is 12.4. The first-order valence-electron chi connectivity index (χ1n) is 12.4. The molecule has 4 rings (SSSR count). The van der Waals surface area contributed by atoms with Crippen LogP contribution in [-0.4, -0.2) is 53.7 Å². The monoisotopic (exact) mass is 500 g/mol. The summed E-state index contributed by atoms with van der Waals surface area (Å²) >= 11 is 0. The Kier molecular flexibility index (Phi) is 7.92. The van der Waals surface area contributed by atoms with Gasteiger partial charge in [-0.2, -0.15) is 0 Å².